The molecule has 1 N–H and O–H groups in total. The molecule has 0 aliphatic heterocycles. The molecule has 0 bridgehead atoms. The van der Waals surface area contributed by atoms with E-state index < -0.39 is 0 Å². The predicted molar refractivity (Wildman–Crippen MR) is 33.1 cm³/mol. The van der Waals surface area contributed by atoms with Gasteiger partial charge in [0, 0.05) is 5.88 Å². The summed E-state index contributed by atoms with van der Waals surface area (Å²) in [6.45, 7) is 3.87. The molecule has 2 nitrogen and oxygen atoms in total. The van der Waals surface area contributed by atoms with Crippen LogP contribution in [0, 0.1) is 0 Å². The average Bonchev–Trinajstić information content (AvgIpc) is 1.83. The normalized spacial score (nSPS) is 9.25. The Hall–Kier alpha value is -0.0500. The zero-order valence-electron chi connectivity index (χ0n) is 4.56. The first-order valence-electron chi connectivity index (χ1n) is 2.30. The van der Waals surface area contributed by atoms with Crippen molar-refractivity contribution in [3.63, 3.8) is 0 Å². The topological polar surface area (TPSA) is 29.5 Å². The Morgan fingerprint density at radius 2 is 2.38 bits per heavy atom. The molecule has 0 aromatic rings. The van der Waals surface area contributed by atoms with Crippen molar-refractivity contribution in [3.8, 4) is 0 Å². The van der Waals surface area contributed by atoms with E-state index in [4.69, 9.17) is 16.9 Å². The van der Waals surface area contributed by atoms with Crippen LogP contribution in [0.25, 0.3) is 0 Å². The second kappa shape index (κ2) is 5.09. The summed E-state index contributed by atoms with van der Waals surface area (Å²) in [7, 11) is 0. The molecule has 0 rings (SSSR count). The van der Waals surface area contributed by atoms with Gasteiger partial charge in [0.1, 0.15) is 0 Å². The number of hydrogen-bond donors (Lipinski definition) is 1. The second-order valence-corrected chi connectivity index (χ2v) is 1.73. The first-order valence-corrected chi connectivity index (χ1v) is 2.83. The highest BCUT2D eigenvalue weighted by atomic mass is 35.5. The quantitative estimate of drug-likeness (QED) is 0.276. The molecule has 0 heterocycles. The molecule has 8 heavy (non-hydrogen) atoms. The van der Waals surface area contributed by atoms with Crippen LogP contribution in [0.5, 0.6) is 0 Å². The van der Waals surface area contributed by atoms with E-state index in [1.54, 1.807) is 0 Å². The third-order valence-electron chi connectivity index (χ3n) is 0.736. The van der Waals surface area contributed by atoms with Gasteiger partial charge >= 0.3 is 0 Å². The van der Waals surface area contributed by atoms with E-state index in [0.717, 1.165) is 5.57 Å². The maximum absolute atomic E-state index is 7.83. The molecule has 0 aromatic carbocycles. The minimum absolute atomic E-state index is 0.283. The molecular formula is C5H9ClO2. The van der Waals surface area contributed by atoms with Crippen molar-refractivity contribution in [2.45, 2.75) is 6.42 Å². The molecule has 0 aliphatic carbocycles. The molecule has 0 atom stereocenters. The summed E-state index contributed by atoms with van der Waals surface area (Å²) in [4.78, 5) is 3.79. The van der Waals surface area contributed by atoms with E-state index in [0.29, 0.717) is 12.3 Å². The fraction of sp³-hybridized carbons (Fsp3) is 0.600. The van der Waals surface area contributed by atoms with Crippen molar-refractivity contribution >= 4 is 11.6 Å². The van der Waals surface area contributed by atoms with Crippen molar-refractivity contribution < 1.29 is 10.1 Å². The van der Waals surface area contributed by atoms with Gasteiger partial charge in [0.25, 0.3) is 0 Å². The molecule has 0 fully saturated rings. The highest BCUT2D eigenvalue weighted by Gasteiger charge is 1.89. The summed E-state index contributed by atoms with van der Waals surface area (Å²) in [6.07, 6.45) is 0.625. The van der Waals surface area contributed by atoms with Gasteiger partial charge in [0.15, 0.2) is 0 Å². The molecule has 0 unspecified atom stereocenters. The van der Waals surface area contributed by atoms with Gasteiger partial charge < -0.3 is 0 Å². The first kappa shape index (κ1) is 7.95. The molecule has 0 aliphatic rings. The van der Waals surface area contributed by atoms with Crippen molar-refractivity contribution in [1.82, 2.24) is 0 Å². The van der Waals surface area contributed by atoms with Crippen LogP contribution in [-0.2, 0) is 4.89 Å². The Bertz CT molecular complexity index is 72.8. The van der Waals surface area contributed by atoms with Gasteiger partial charge in [-0.25, -0.2) is 4.89 Å². The molecule has 0 spiro atoms. The number of rotatable bonds is 4. The van der Waals surface area contributed by atoms with Crippen LogP contribution >= 0.6 is 11.6 Å². The van der Waals surface area contributed by atoms with Crippen molar-refractivity contribution in [2.75, 3.05) is 12.5 Å². The van der Waals surface area contributed by atoms with Gasteiger partial charge in [-0.05, 0) is 6.42 Å². The lowest BCUT2D eigenvalue weighted by Crippen LogP contribution is -1.91. The molecule has 0 radical (unpaired) electrons. The van der Waals surface area contributed by atoms with E-state index in [1.807, 2.05) is 0 Å². The monoisotopic (exact) mass is 136 g/mol. The SMILES string of the molecule is C=C(CCl)CCOO. The van der Waals surface area contributed by atoms with Crippen molar-refractivity contribution in [1.29, 1.82) is 0 Å². The van der Waals surface area contributed by atoms with Crippen LogP contribution in [0.4, 0.5) is 0 Å². The van der Waals surface area contributed by atoms with E-state index in [1.165, 1.54) is 0 Å². The maximum atomic E-state index is 7.83. The van der Waals surface area contributed by atoms with Gasteiger partial charge in [-0.3, -0.25) is 5.26 Å². The smallest absolute Gasteiger partial charge is 0.0857 e. The van der Waals surface area contributed by atoms with Gasteiger partial charge in [-0.1, -0.05) is 12.2 Å². The highest BCUT2D eigenvalue weighted by Crippen LogP contribution is 1.98. The van der Waals surface area contributed by atoms with Gasteiger partial charge in [-0.15, -0.1) is 11.6 Å². The number of alkyl halides is 1. The van der Waals surface area contributed by atoms with E-state index >= 15 is 0 Å². The summed E-state index contributed by atoms with van der Waals surface area (Å²) in [6, 6.07) is 0. The van der Waals surface area contributed by atoms with Crippen LogP contribution in [0.1, 0.15) is 6.42 Å². The minimum atomic E-state index is 0.283. The fourth-order valence-electron chi connectivity index (χ4n) is 0.257. The predicted octanol–water partition coefficient (Wildman–Crippen LogP) is 1.66. The average molecular weight is 137 g/mol. The Morgan fingerprint density at radius 3 is 2.75 bits per heavy atom. The molecular weight excluding hydrogens is 128 g/mol. The van der Waals surface area contributed by atoms with Crippen molar-refractivity contribution in [2.24, 2.45) is 0 Å². The number of hydrogen-bond acceptors (Lipinski definition) is 2. The van der Waals surface area contributed by atoms with E-state index in [9.17, 15) is 0 Å². The van der Waals surface area contributed by atoms with E-state index in [2.05, 4.69) is 11.5 Å². The summed E-state index contributed by atoms with van der Waals surface area (Å²) < 4.78 is 0. The zero-order valence-corrected chi connectivity index (χ0v) is 5.32. The molecule has 0 saturated carbocycles. The minimum Gasteiger partial charge on any atom is -0.252 e. The Labute approximate surface area is 53.6 Å². The van der Waals surface area contributed by atoms with Crippen LogP contribution in [0.3, 0.4) is 0 Å². The summed E-state index contributed by atoms with van der Waals surface area (Å²) in [5, 5.41) is 7.83. The molecule has 48 valence electrons. The molecule has 0 saturated heterocycles. The molecule has 3 heteroatoms. The maximum Gasteiger partial charge on any atom is 0.0857 e. The lowest BCUT2D eigenvalue weighted by atomic mass is 10.3. The molecule has 0 aromatic heterocycles. The summed E-state index contributed by atoms with van der Waals surface area (Å²) in [5.41, 5.74) is 0.876. The van der Waals surface area contributed by atoms with Crippen LogP contribution in [-0.4, -0.2) is 17.7 Å². The third kappa shape index (κ3) is 4.12. The highest BCUT2D eigenvalue weighted by molar-refractivity contribution is 6.19. The number of halogens is 1. The standard InChI is InChI=1S/C5H9ClO2/c1-5(4-6)2-3-8-7/h7H,1-4H2. The summed E-state index contributed by atoms with van der Waals surface area (Å²) in [5.74, 6) is 0.434. The second-order valence-electron chi connectivity index (χ2n) is 1.47. The Balaban J connectivity index is 2.99. The van der Waals surface area contributed by atoms with Crippen LogP contribution < -0.4 is 0 Å². The fourth-order valence-corrected chi connectivity index (χ4v) is 0.390. The largest absolute Gasteiger partial charge is 0.252 e. The van der Waals surface area contributed by atoms with Crippen molar-refractivity contribution in [3.05, 3.63) is 12.2 Å². The van der Waals surface area contributed by atoms with Gasteiger partial charge in [0.05, 0.1) is 6.61 Å². The first-order chi connectivity index (χ1) is 3.81. The van der Waals surface area contributed by atoms with Gasteiger partial charge in [0.2, 0.25) is 0 Å². The zero-order chi connectivity index (χ0) is 6.41. The van der Waals surface area contributed by atoms with E-state index in [-0.39, 0.29) is 6.61 Å². The summed E-state index contributed by atoms with van der Waals surface area (Å²) >= 11 is 5.35. The Kier molecular flexibility index (Phi) is 5.06. The third-order valence-corrected chi connectivity index (χ3v) is 1.11. The molecule has 0 amide bonds. The van der Waals surface area contributed by atoms with Gasteiger partial charge in [-0.2, -0.15) is 0 Å². The lowest BCUT2D eigenvalue weighted by Gasteiger charge is -1.95. The van der Waals surface area contributed by atoms with Crippen LogP contribution in [0.15, 0.2) is 12.2 Å². The van der Waals surface area contributed by atoms with Crippen LogP contribution in [0.2, 0.25) is 0 Å². The Morgan fingerprint density at radius 1 is 1.75 bits per heavy atom. The lowest BCUT2D eigenvalue weighted by molar-refractivity contribution is -0.241.